The smallest absolute Gasteiger partial charge is 0.253 e. The Hall–Kier alpha value is -3.42. The van der Waals surface area contributed by atoms with Crippen LogP contribution in [0.4, 0.5) is 0 Å². The summed E-state index contributed by atoms with van der Waals surface area (Å²) < 4.78 is 5.91. The number of hydrogen-bond acceptors (Lipinski definition) is 9. The van der Waals surface area contributed by atoms with E-state index in [-0.39, 0.29) is 37.7 Å². The van der Waals surface area contributed by atoms with Crippen LogP contribution in [0.1, 0.15) is 46.0 Å². The van der Waals surface area contributed by atoms with Gasteiger partial charge in [-0.3, -0.25) is 43.4 Å². The van der Waals surface area contributed by atoms with Crippen molar-refractivity contribution in [2.45, 2.75) is 51.6 Å². The summed E-state index contributed by atoms with van der Waals surface area (Å²) in [6.07, 6.45) is 6.83. The number of hydroxylamine groups is 2. The standard InChI is InChI=1S/C26H39N5O8/c1-26(2,38-18-5-14-28-21(33)11-17-31-24(36)8-9-25(31)37)12-19-39-29(3)15-4-13-27-20(32)10-16-30-22(34)6-7-23(30)35/h6-9H,4-5,10-19H2,1-3H3,(H,27,32)(H,28,33). The fraction of sp³-hybridized carbons (Fsp3) is 0.615. The molecule has 216 valence electrons. The van der Waals surface area contributed by atoms with Gasteiger partial charge in [0.05, 0.1) is 12.2 Å². The third-order valence-electron chi connectivity index (χ3n) is 6.05. The van der Waals surface area contributed by atoms with Crippen molar-refractivity contribution < 1.29 is 38.3 Å². The van der Waals surface area contributed by atoms with Gasteiger partial charge in [0.25, 0.3) is 23.6 Å². The Labute approximate surface area is 228 Å². The molecule has 0 saturated carbocycles. The van der Waals surface area contributed by atoms with Gasteiger partial charge in [0.2, 0.25) is 11.8 Å². The summed E-state index contributed by atoms with van der Waals surface area (Å²) in [4.78, 5) is 77.5. The van der Waals surface area contributed by atoms with Gasteiger partial charge in [-0.1, -0.05) is 0 Å². The number of carbonyl (C=O) groups excluding carboxylic acids is 6. The van der Waals surface area contributed by atoms with Crippen molar-refractivity contribution in [3.63, 3.8) is 0 Å². The first-order valence-corrected chi connectivity index (χ1v) is 13.1. The predicted molar refractivity (Wildman–Crippen MR) is 139 cm³/mol. The van der Waals surface area contributed by atoms with E-state index in [1.54, 1.807) is 5.06 Å². The summed E-state index contributed by atoms with van der Waals surface area (Å²) in [6.45, 7) is 6.42. The van der Waals surface area contributed by atoms with E-state index in [1.165, 1.54) is 24.3 Å². The highest BCUT2D eigenvalue weighted by Crippen LogP contribution is 2.15. The van der Waals surface area contributed by atoms with Gasteiger partial charge in [0.1, 0.15) is 0 Å². The lowest BCUT2D eigenvalue weighted by Gasteiger charge is -2.26. The van der Waals surface area contributed by atoms with Crippen LogP contribution < -0.4 is 10.6 Å². The Morgan fingerprint density at radius 2 is 1.26 bits per heavy atom. The molecule has 2 heterocycles. The van der Waals surface area contributed by atoms with Crippen LogP contribution in [-0.2, 0) is 38.3 Å². The largest absolute Gasteiger partial charge is 0.375 e. The Kier molecular flexibility index (Phi) is 12.9. The fourth-order valence-electron chi connectivity index (χ4n) is 3.67. The van der Waals surface area contributed by atoms with Crippen molar-refractivity contribution in [1.82, 2.24) is 25.5 Å². The van der Waals surface area contributed by atoms with Crippen LogP contribution in [0, 0.1) is 0 Å². The minimum atomic E-state index is -0.421. The zero-order valence-corrected chi connectivity index (χ0v) is 22.9. The topological polar surface area (TPSA) is 155 Å². The van der Waals surface area contributed by atoms with Gasteiger partial charge < -0.3 is 15.4 Å². The van der Waals surface area contributed by atoms with Crippen LogP contribution >= 0.6 is 0 Å². The molecule has 2 N–H and O–H groups in total. The molecule has 13 heteroatoms. The van der Waals surface area contributed by atoms with Crippen molar-refractivity contribution in [2.75, 3.05) is 53.0 Å². The molecule has 0 atom stereocenters. The first-order chi connectivity index (χ1) is 18.5. The van der Waals surface area contributed by atoms with Crippen LogP contribution in [0.2, 0.25) is 0 Å². The number of nitrogens with one attached hydrogen (secondary N) is 2. The molecule has 2 aliphatic heterocycles. The van der Waals surface area contributed by atoms with Gasteiger partial charge in [-0.05, 0) is 26.7 Å². The van der Waals surface area contributed by atoms with E-state index in [9.17, 15) is 28.8 Å². The SMILES string of the molecule is CN(CCCNC(=O)CCN1C(=O)C=CC1=O)OCCC(C)(C)OCCCNC(=O)CCN1C(=O)C=CC1=O. The summed E-state index contributed by atoms with van der Waals surface area (Å²) in [5, 5.41) is 7.22. The van der Waals surface area contributed by atoms with Gasteiger partial charge in [-0.25, -0.2) is 0 Å². The second-order valence-corrected chi connectivity index (χ2v) is 9.77. The molecule has 0 aromatic carbocycles. The molecule has 0 saturated heterocycles. The molecule has 0 aromatic rings. The molecule has 0 radical (unpaired) electrons. The van der Waals surface area contributed by atoms with Crippen molar-refractivity contribution in [2.24, 2.45) is 0 Å². The van der Waals surface area contributed by atoms with E-state index >= 15 is 0 Å². The monoisotopic (exact) mass is 549 g/mol. The third kappa shape index (κ3) is 11.9. The zero-order chi connectivity index (χ0) is 28.8. The summed E-state index contributed by atoms with van der Waals surface area (Å²) in [5.41, 5.74) is -0.421. The maximum absolute atomic E-state index is 11.9. The van der Waals surface area contributed by atoms with E-state index in [0.29, 0.717) is 52.1 Å². The normalized spacial score (nSPS) is 15.3. The van der Waals surface area contributed by atoms with Crippen LogP contribution in [0.3, 0.4) is 0 Å². The average molecular weight is 550 g/mol. The van der Waals surface area contributed by atoms with Gasteiger partial charge in [0, 0.05) is 89.9 Å². The molecule has 0 aromatic heterocycles. The van der Waals surface area contributed by atoms with Crippen LogP contribution in [0.25, 0.3) is 0 Å². The fourth-order valence-corrected chi connectivity index (χ4v) is 3.67. The molecule has 13 nitrogen and oxygen atoms in total. The third-order valence-corrected chi connectivity index (χ3v) is 6.05. The highest BCUT2D eigenvalue weighted by Gasteiger charge is 2.24. The van der Waals surface area contributed by atoms with Gasteiger partial charge >= 0.3 is 0 Å². The molecule has 0 bridgehead atoms. The number of imide groups is 2. The minimum Gasteiger partial charge on any atom is -0.375 e. The van der Waals surface area contributed by atoms with Gasteiger partial charge in [-0.15, -0.1) is 0 Å². The van der Waals surface area contributed by atoms with E-state index in [0.717, 1.165) is 9.80 Å². The molecule has 39 heavy (non-hydrogen) atoms. The van der Waals surface area contributed by atoms with E-state index in [2.05, 4.69) is 10.6 Å². The zero-order valence-electron chi connectivity index (χ0n) is 22.9. The number of carbonyl (C=O) groups is 6. The molecule has 0 fully saturated rings. The van der Waals surface area contributed by atoms with E-state index < -0.39 is 29.2 Å². The van der Waals surface area contributed by atoms with Crippen molar-refractivity contribution >= 4 is 35.4 Å². The Balaban J connectivity index is 1.44. The minimum absolute atomic E-state index is 0.0592. The Morgan fingerprint density at radius 3 is 1.74 bits per heavy atom. The number of amides is 6. The average Bonchev–Trinajstić information content (AvgIpc) is 3.37. The van der Waals surface area contributed by atoms with Gasteiger partial charge in [0.15, 0.2) is 0 Å². The maximum Gasteiger partial charge on any atom is 0.253 e. The summed E-state index contributed by atoms with van der Waals surface area (Å²) in [6, 6.07) is 0. The van der Waals surface area contributed by atoms with E-state index in [4.69, 9.17) is 9.57 Å². The highest BCUT2D eigenvalue weighted by atomic mass is 16.7. The molecular weight excluding hydrogens is 510 g/mol. The molecule has 2 aliphatic rings. The number of hydrogen-bond donors (Lipinski definition) is 2. The first-order valence-electron chi connectivity index (χ1n) is 13.1. The summed E-state index contributed by atoms with van der Waals surface area (Å²) in [7, 11) is 1.81. The lowest BCUT2D eigenvalue weighted by Crippen LogP contribution is -2.35. The molecule has 0 unspecified atom stereocenters. The second kappa shape index (κ2) is 15.9. The number of rotatable bonds is 19. The lowest BCUT2D eigenvalue weighted by molar-refractivity contribution is -0.155. The lowest BCUT2D eigenvalue weighted by atomic mass is 10.1. The Bertz CT molecular complexity index is 941. The van der Waals surface area contributed by atoms with Crippen LogP contribution in [0.5, 0.6) is 0 Å². The molecular formula is C26H39N5O8. The predicted octanol–water partition coefficient (Wildman–Crippen LogP) is -0.322. The van der Waals surface area contributed by atoms with Crippen molar-refractivity contribution in [3.8, 4) is 0 Å². The quantitative estimate of drug-likeness (QED) is 0.125. The molecule has 2 rings (SSSR count). The number of nitrogens with zero attached hydrogens (tertiary/aromatic N) is 3. The second-order valence-electron chi connectivity index (χ2n) is 9.77. The molecule has 0 aliphatic carbocycles. The van der Waals surface area contributed by atoms with Crippen LogP contribution in [-0.4, -0.2) is 109 Å². The molecule has 0 spiro atoms. The summed E-state index contributed by atoms with van der Waals surface area (Å²) in [5.74, 6) is -2.05. The highest BCUT2D eigenvalue weighted by molar-refractivity contribution is 6.13. The van der Waals surface area contributed by atoms with Gasteiger partial charge in [-0.2, -0.15) is 5.06 Å². The maximum atomic E-state index is 11.9. The van der Waals surface area contributed by atoms with Crippen LogP contribution in [0.15, 0.2) is 24.3 Å². The van der Waals surface area contributed by atoms with Crippen molar-refractivity contribution in [3.05, 3.63) is 24.3 Å². The molecule has 6 amide bonds. The Morgan fingerprint density at radius 1 is 0.795 bits per heavy atom. The van der Waals surface area contributed by atoms with E-state index in [1.807, 2.05) is 20.9 Å². The first kappa shape index (κ1) is 31.8. The number of ether oxygens (including phenoxy) is 1. The summed E-state index contributed by atoms with van der Waals surface area (Å²) >= 11 is 0. The van der Waals surface area contributed by atoms with Crippen molar-refractivity contribution in [1.29, 1.82) is 0 Å².